The molecular formula is C23H23N3O2. The standard InChI is InChI=1S/C23H23N3O2/c1-17-15-25-12-8-22(17)18-4-6-19(7-5-18)23(27)26-13-9-20(10-14-26)28-21-3-2-11-24-16-21/h2-8,11-12,15-16,20H,9-10,13-14H2,1H3. The molecule has 1 aromatic carbocycles. The second-order valence-corrected chi connectivity index (χ2v) is 7.07. The van der Waals surface area contributed by atoms with E-state index in [2.05, 4.69) is 9.97 Å². The molecule has 142 valence electrons. The molecule has 1 fully saturated rings. The first-order valence-electron chi connectivity index (χ1n) is 9.58. The molecule has 4 rings (SSSR count). The minimum absolute atomic E-state index is 0.0813. The third-order valence-corrected chi connectivity index (χ3v) is 5.13. The quantitative estimate of drug-likeness (QED) is 0.690. The number of pyridine rings is 2. The van der Waals surface area contributed by atoms with Crippen LogP contribution in [0.2, 0.25) is 0 Å². The van der Waals surface area contributed by atoms with Gasteiger partial charge in [-0.1, -0.05) is 12.1 Å². The van der Waals surface area contributed by atoms with Crippen molar-refractivity contribution in [2.45, 2.75) is 25.9 Å². The van der Waals surface area contributed by atoms with Gasteiger partial charge in [-0.05, 0) is 53.9 Å². The van der Waals surface area contributed by atoms with Crippen LogP contribution in [0, 0.1) is 6.92 Å². The first kappa shape index (κ1) is 18.2. The zero-order valence-corrected chi connectivity index (χ0v) is 15.9. The van der Waals surface area contributed by atoms with E-state index < -0.39 is 0 Å². The number of piperidine rings is 1. The van der Waals surface area contributed by atoms with Crippen molar-refractivity contribution in [1.82, 2.24) is 14.9 Å². The molecule has 1 aliphatic heterocycles. The maximum Gasteiger partial charge on any atom is 0.253 e. The number of carbonyl (C=O) groups excluding carboxylic acids is 1. The van der Waals surface area contributed by atoms with Crippen molar-refractivity contribution >= 4 is 5.91 Å². The van der Waals surface area contributed by atoms with E-state index in [1.165, 1.54) is 0 Å². The Morgan fingerprint density at radius 1 is 1.00 bits per heavy atom. The monoisotopic (exact) mass is 373 g/mol. The fraction of sp³-hybridized carbons (Fsp3) is 0.261. The molecule has 0 unspecified atom stereocenters. The van der Waals surface area contributed by atoms with Gasteiger partial charge in [0.2, 0.25) is 0 Å². The van der Waals surface area contributed by atoms with E-state index in [0.717, 1.165) is 40.8 Å². The number of amides is 1. The van der Waals surface area contributed by atoms with Crippen LogP contribution in [0.15, 0.2) is 67.3 Å². The van der Waals surface area contributed by atoms with E-state index in [9.17, 15) is 4.79 Å². The molecule has 0 N–H and O–H groups in total. The third kappa shape index (κ3) is 4.03. The summed E-state index contributed by atoms with van der Waals surface area (Å²) in [5, 5.41) is 0. The van der Waals surface area contributed by atoms with Crippen molar-refractivity contribution < 1.29 is 9.53 Å². The van der Waals surface area contributed by atoms with Crippen molar-refractivity contribution in [2.24, 2.45) is 0 Å². The summed E-state index contributed by atoms with van der Waals surface area (Å²) in [5.41, 5.74) is 4.08. The number of benzene rings is 1. The van der Waals surface area contributed by atoms with Gasteiger partial charge < -0.3 is 9.64 Å². The summed E-state index contributed by atoms with van der Waals surface area (Å²) in [5.74, 6) is 0.868. The number of rotatable bonds is 4. The van der Waals surface area contributed by atoms with E-state index in [1.807, 2.05) is 60.5 Å². The van der Waals surface area contributed by atoms with Crippen molar-refractivity contribution in [3.05, 3.63) is 78.4 Å². The van der Waals surface area contributed by atoms with Gasteiger partial charge in [-0.15, -0.1) is 0 Å². The van der Waals surface area contributed by atoms with Crippen LogP contribution in [-0.2, 0) is 0 Å². The average Bonchev–Trinajstić information content (AvgIpc) is 2.75. The zero-order valence-electron chi connectivity index (χ0n) is 15.9. The minimum atomic E-state index is 0.0813. The Bertz CT molecular complexity index is 934. The SMILES string of the molecule is Cc1cnccc1-c1ccc(C(=O)N2CCC(Oc3cccnc3)CC2)cc1. The van der Waals surface area contributed by atoms with Gasteiger partial charge >= 0.3 is 0 Å². The van der Waals surface area contributed by atoms with Crippen molar-refractivity contribution in [1.29, 1.82) is 0 Å². The summed E-state index contributed by atoms with van der Waals surface area (Å²) >= 11 is 0. The fourth-order valence-electron chi connectivity index (χ4n) is 3.56. The summed E-state index contributed by atoms with van der Waals surface area (Å²) in [4.78, 5) is 23.0. The average molecular weight is 373 g/mol. The summed E-state index contributed by atoms with van der Waals surface area (Å²) in [6, 6.07) is 13.6. The number of likely N-dealkylation sites (tertiary alicyclic amines) is 1. The van der Waals surface area contributed by atoms with E-state index in [0.29, 0.717) is 13.1 Å². The third-order valence-electron chi connectivity index (χ3n) is 5.13. The van der Waals surface area contributed by atoms with Crippen molar-refractivity contribution in [3.8, 4) is 16.9 Å². The largest absolute Gasteiger partial charge is 0.489 e. The van der Waals surface area contributed by atoms with E-state index in [4.69, 9.17) is 4.74 Å². The Morgan fingerprint density at radius 2 is 1.75 bits per heavy atom. The van der Waals surface area contributed by atoms with Gasteiger partial charge in [-0.3, -0.25) is 14.8 Å². The Morgan fingerprint density at radius 3 is 2.43 bits per heavy atom. The molecule has 0 bridgehead atoms. The van der Waals surface area contributed by atoms with Crippen molar-refractivity contribution in [3.63, 3.8) is 0 Å². The number of carbonyl (C=O) groups is 1. The van der Waals surface area contributed by atoms with Crippen LogP contribution in [0.3, 0.4) is 0 Å². The lowest BCUT2D eigenvalue weighted by Gasteiger charge is -2.32. The molecular weight excluding hydrogens is 350 g/mol. The predicted octanol–water partition coefficient (Wildman–Crippen LogP) is 4.14. The van der Waals surface area contributed by atoms with Gasteiger partial charge in [0.25, 0.3) is 5.91 Å². The first-order chi connectivity index (χ1) is 13.7. The van der Waals surface area contributed by atoms with Gasteiger partial charge in [-0.2, -0.15) is 0 Å². The molecule has 1 aliphatic rings. The lowest BCUT2D eigenvalue weighted by Crippen LogP contribution is -2.41. The topological polar surface area (TPSA) is 55.3 Å². The van der Waals surface area contributed by atoms with Crippen LogP contribution >= 0.6 is 0 Å². The van der Waals surface area contributed by atoms with E-state index in [1.54, 1.807) is 18.6 Å². The van der Waals surface area contributed by atoms with E-state index in [-0.39, 0.29) is 12.0 Å². The molecule has 0 spiro atoms. The second-order valence-electron chi connectivity index (χ2n) is 7.07. The highest BCUT2D eigenvalue weighted by Gasteiger charge is 2.24. The minimum Gasteiger partial charge on any atom is -0.489 e. The number of ether oxygens (including phenoxy) is 1. The van der Waals surface area contributed by atoms with Crippen molar-refractivity contribution in [2.75, 3.05) is 13.1 Å². The lowest BCUT2D eigenvalue weighted by atomic mass is 10.0. The summed E-state index contributed by atoms with van der Waals surface area (Å²) in [7, 11) is 0. The normalized spacial score (nSPS) is 14.7. The van der Waals surface area contributed by atoms with Gasteiger partial charge in [0.1, 0.15) is 11.9 Å². The predicted molar refractivity (Wildman–Crippen MR) is 108 cm³/mol. The molecule has 0 atom stereocenters. The molecule has 5 nitrogen and oxygen atoms in total. The van der Waals surface area contributed by atoms with Crippen LogP contribution in [0.25, 0.3) is 11.1 Å². The van der Waals surface area contributed by atoms with Gasteiger partial charge in [-0.25, -0.2) is 0 Å². The Labute approximate surface area is 165 Å². The highest BCUT2D eigenvalue weighted by molar-refractivity contribution is 5.94. The summed E-state index contributed by atoms with van der Waals surface area (Å²) in [6.45, 7) is 3.45. The summed E-state index contributed by atoms with van der Waals surface area (Å²) < 4.78 is 5.96. The number of hydrogen-bond acceptors (Lipinski definition) is 4. The Kier molecular flexibility index (Phi) is 5.33. The molecule has 1 saturated heterocycles. The van der Waals surface area contributed by atoms with Crippen LogP contribution in [0.1, 0.15) is 28.8 Å². The molecule has 0 aliphatic carbocycles. The molecule has 0 saturated carbocycles. The molecule has 1 amide bonds. The van der Waals surface area contributed by atoms with Crippen LogP contribution in [-0.4, -0.2) is 40.0 Å². The second kappa shape index (κ2) is 8.21. The maximum absolute atomic E-state index is 12.8. The Balaban J connectivity index is 1.37. The lowest BCUT2D eigenvalue weighted by molar-refractivity contribution is 0.0595. The molecule has 0 radical (unpaired) electrons. The maximum atomic E-state index is 12.8. The van der Waals surface area contributed by atoms with E-state index >= 15 is 0 Å². The first-order valence-corrected chi connectivity index (χ1v) is 9.58. The Hall–Kier alpha value is -3.21. The highest BCUT2D eigenvalue weighted by atomic mass is 16.5. The fourth-order valence-corrected chi connectivity index (χ4v) is 3.56. The summed E-state index contributed by atoms with van der Waals surface area (Å²) in [6.07, 6.45) is 8.89. The number of hydrogen-bond donors (Lipinski definition) is 0. The number of aryl methyl sites for hydroxylation is 1. The van der Waals surface area contributed by atoms with Gasteiger partial charge in [0.15, 0.2) is 0 Å². The molecule has 3 heterocycles. The highest BCUT2D eigenvalue weighted by Crippen LogP contribution is 2.24. The van der Waals surface area contributed by atoms with Crippen LogP contribution < -0.4 is 4.74 Å². The van der Waals surface area contributed by atoms with Crippen LogP contribution in [0.4, 0.5) is 0 Å². The van der Waals surface area contributed by atoms with Gasteiger partial charge in [0.05, 0.1) is 6.20 Å². The molecule has 28 heavy (non-hydrogen) atoms. The number of aromatic nitrogens is 2. The van der Waals surface area contributed by atoms with Gasteiger partial charge in [0, 0.05) is 50.1 Å². The zero-order chi connectivity index (χ0) is 19.3. The number of nitrogens with zero attached hydrogens (tertiary/aromatic N) is 3. The smallest absolute Gasteiger partial charge is 0.253 e. The molecule has 2 aromatic heterocycles. The van der Waals surface area contributed by atoms with Crippen LogP contribution in [0.5, 0.6) is 5.75 Å². The molecule has 5 heteroatoms. The molecule has 3 aromatic rings.